The number of carbonyl (C=O) groups excluding carboxylic acids is 1. The lowest BCUT2D eigenvalue weighted by Crippen LogP contribution is -2.44. The second-order valence-corrected chi connectivity index (χ2v) is 5.68. The maximum Gasteiger partial charge on any atom is 0.233 e. The Hall–Kier alpha value is -1.03. The summed E-state index contributed by atoms with van der Waals surface area (Å²) < 4.78 is 13.1. The van der Waals surface area contributed by atoms with Crippen molar-refractivity contribution in [3.8, 4) is 0 Å². The van der Waals surface area contributed by atoms with Crippen LogP contribution in [0.25, 0.3) is 0 Å². The third-order valence-corrected chi connectivity index (χ3v) is 3.63. The molecule has 0 bridgehead atoms. The molecule has 17 heavy (non-hydrogen) atoms. The van der Waals surface area contributed by atoms with E-state index >= 15 is 0 Å². The number of thioether (sulfide) groups is 1. The molecule has 1 rings (SSSR count). The lowest BCUT2D eigenvalue weighted by molar-refractivity contribution is -0.122. The van der Waals surface area contributed by atoms with E-state index in [0.717, 1.165) is 5.56 Å². The number of carbonyl (C=O) groups is 1. The van der Waals surface area contributed by atoms with Crippen molar-refractivity contribution in [3.63, 3.8) is 0 Å². The Labute approximate surface area is 106 Å². The Morgan fingerprint density at radius 3 is 2.65 bits per heavy atom. The Morgan fingerprint density at radius 1 is 1.47 bits per heavy atom. The first-order valence-electron chi connectivity index (χ1n) is 5.47. The van der Waals surface area contributed by atoms with E-state index in [1.165, 1.54) is 23.9 Å². The molecule has 0 heterocycles. The zero-order valence-electron chi connectivity index (χ0n) is 10.6. The van der Waals surface area contributed by atoms with E-state index in [0.29, 0.717) is 0 Å². The number of hydrogen-bond acceptors (Lipinski definition) is 2. The molecule has 0 radical (unpaired) electrons. The highest BCUT2D eigenvalue weighted by Gasteiger charge is 2.25. The first-order valence-corrected chi connectivity index (χ1v) is 6.76. The third kappa shape index (κ3) is 3.73. The number of benzene rings is 1. The van der Waals surface area contributed by atoms with Crippen molar-refractivity contribution in [3.05, 3.63) is 35.6 Å². The summed E-state index contributed by atoms with van der Waals surface area (Å²) in [5.74, 6) is -0.325. The first kappa shape index (κ1) is 14.0. The summed E-state index contributed by atoms with van der Waals surface area (Å²) in [5, 5.41) is 2.82. The normalized spacial score (nSPS) is 13.2. The molecule has 1 aromatic rings. The van der Waals surface area contributed by atoms with Gasteiger partial charge in [0.2, 0.25) is 5.91 Å². The quantitative estimate of drug-likeness (QED) is 0.896. The number of halogens is 1. The third-order valence-electron chi connectivity index (χ3n) is 2.70. The summed E-state index contributed by atoms with van der Waals surface area (Å²) in [4.78, 5) is 11.8. The van der Waals surface area contributed by atoms with Gasteiger partial charge in [-0.05, 0) is 44.7 Å². The van der Waals surface area contributed by atoms with Crippen LogP contribution >= 0.6 is 11.8 Å². The van der Waals surface area contributed by atoms with E-state index in [9.17, 15) is 9.18 Å². The summed E-state index contributed by atoms with van der Waals surface area (Å²) in [6.07, 6.45) is 1.89. The first-order chi connectivity index (χ1) is 7.86. The van der Waals surface area contributed by atoms with E-state index in [2.05, 4.69) is 5.32 Å². The van der Waals surface area contributed by atoms with Crippen LogP contribution in [0.1, 0.15) is 26.3 Å². The maximum absolute atomic E-state index is 13.1. The standard InChI is InChI=1S/C13H18FNOS/c1-9(17-4)12(16)15-13(2,3)10-6-5-7-11(14)8-10/h5-9H,1-4H3,(H,15,16)/t9-/m1/s1. The fourth-order valence-electron chi connectivity index (χ4n) is 1.47. The molecule has 0 aliphatic rings. The topological polar surface area (TPSA) is 29.1 Å². The molecular formula is C13H18FNOS. The van der Waals surface area contributed by atoms with Crippen LogP contribution in [0.3, 0.4) is 0 Å². The van der Waals surface area contributed by atoms with Crippen LogP contribution in [0.4, 0.5) is 4.39 Å². The SMILES string of the molecule is CS[C@H](C)C(=O)NC(C)(C)c1cccc(F)c1. The number of hydrogen-bond donors (Lipinski definition) is 1. The number of amides is 1. The lowest BCUT2D eigenvalue weighted by Gasteiger charge is -2.28. The molecule has 0 aromatic heterocycles. The monoisotopic (exact) mass is 255 g/mol. The highest BCUT2D eigenvalue weighted by Crippen LogP contribution is 2.21. The second kappa shape index (κ2) is 5.54. The van der Waals surface area contributed by atoms with Gasteiger partial charge in [-0.1, -0.05) is 12.1 Å². The Bertz CT molecular complexity index is 406. The van der Waals surface area contributed by atoms with Gasteiger partial charge in [-0.25, -0.2) is 4.39 Å². The molecule has 0 fully saturated rings. The molecule has 1 atom stereocenters. The molecule has 0 aliphatic carbocycles. The van der Waals surface area contributed by atoms with Crippen LogP contribution in [-0.2, 0) is 10.3 Å². The van der Waals surface area contributed by atoms with Gasteiger partial charge in [0.05, 0.1) is 10.8 Å². The van der Waals surface area contributed by atoms with E-state index in [1.807, 2.05) is 33.1 Å². The van der Waals surface area contributed by atoms with Gasteiger partial charge in [-0.3, -0.25) is 4.79 Å². The minimum Gasteiger partial charge on any atom is -0.346 e. The minimum absolute atomic E-state index is 0.0354. The van der Waals surface area contributed by atoms with Gasteiger partial charge in [0, 0.05) is 0 Å². The van der Waals surface area contributed by atoms with Crippen molar-refractivity contribution >= 4 is 17.7 Å². The van der Waals surface area contributed by atoms with Crippen LogP contribution in [0, 0.1) is 5.82 Å². The number of nitrogens with one attached hydrogen (secondary N) is 1. The van der Waals surface area contributed by atoms with Gasteiger partial charge < -0.3 is 5.32 Å². The molecule has 0 unspecified atom stereocenters. The maximum atomic E-state index is 13.1. The zero-order chi connectivity index (χ0) is 13.1. The Morgan fingerprint density at radius 2 is 2.12 bits per heavy atom. The molecule has 94 valence electrons. The molecule has 4 heteroatoms. The van der Waals surface area contributed by atoms with Crippen molar-refractivity contribution in [2.75, 3.05) is 6.26 Å². The summed E-state index contributed by atoms with van der Waals surface area (Å²) in [6, 6.07) is 6.31. The molecule has 0 saturated heterocycles. The van der Waals surface area contributed by atoms with E-state index in [4.69, 9.17) is 0 Å². The van der Waals surface area contributed by atoms with E-state index < -0.39 is 5.54 Å². The molecule has 1 N–H and O–H groups in total. The molecule has 0 aliphatic heterocycles. The molecular weight excluding hydrogens is 237 g/mol. The van der Waals surface area contributed by atoms with Gasteiger partial charge in [0.25, 0.3) is 0 Å². The fourth-order valence-corrected chi connectivity index (χ4v) is 1.74. The van der Waals surface area contributed by atoms with Crippen molar-refractivity contribution in [1.82, 2.24) is 5.32 Å². The predicted molar refractivity (Wildman–Crippen MR) is 70.5 cm³/mol. The van der Waals surface area contributed by atoms with Crippen molar-refractivity contribution < 1.29 is 9.18 Å². The fraction of sp³-hybridized carbons (Fsp3) is 0.462. The average Bonchev–Trinajstić information content (AvgIpc) is 2.27. The molecule has 0 spiro atoms. The summed E-state index contributed by atoms with van der Waals surface area (Å²) in [7, 11) is 0. The molecule has 0 saturated carbocycles. The van der Waals surface area contributed by atoms with Crippen LogP contribution < -0.4 is 5.32 Å². The van der Waals surface area contributed by atoms with Crippen molar-refractivity contribution in [2.24, 2.45) is 0 Å². The zero-order valence-corrected chi connectivity index (χ0v) is 11.4. The van der Waals surface area contributed by atoms with E-state index in [-0.39, 0.29) is 17.0 Å². The van der Waals surface area contributed by atoms with Crippen molar-refractivity contribution in [2.45, 2.75) is 31.6 Å². The highest BCUT2D eigenvalue weighted by atomic mass is 32.2. The Kier molecular flexibility index (Phi) is 4.57. The second-order valence-electron chi connectivity index (χ2n) is 4.50. The highest BCUT2D eigenvalue weighted by molar-refractivity contribution is 7.99. The number of rotatable bonds is 4. The average molecular weight is 255 g/mol. The van der Waals surface area contributed by atoms with Gasteiger partial charge in [0.15, 0.2) is 0 Å². The summed E-state index contributed by atoms with van der Waals surface area (Å²) in [6.45, 7) is 5.58. The molecule has 2 nitrogen and oxygen atoms in total. The van der Waals surface area contributed by atoms with Gasteiger partial charge >= 0.3 is 0 Å². The van der Waals surface area contributed by atoms with Crippen molar-refractivity contribution in [1.29, 1.82) is 0 Å². The largest absolute Gasteiger partial charge is 0.346 e. The van der Waals surface area contributed by atoms with Gasteiger partial charge in [0.1, 0.15) is 5.82 Å². The minimum atomic E-state index is -0.566. The van der Waals surface area contributed by atoms with Crippen LogP contribution in [0.2, 0.25) is 0 Å². The van der Waals surface area contributed by atoms with E-state index in [1.54, 1.807) is 6.07 Å². The molecule has 1 aromatic carbocycles. The van der Waals surface area contributed by atoms with Crippen LogP contribution in [0.5, 0.6) is 0 Å². The smallest absolute Gasteiger partial charge is 0.233 e. The van der Waals surface area contributed by atoms with Gasteiger partial charge in [-0.2, -0.15) is 11.8 Å². The molecule has 1 amide bonds. The van der Waals surface area contributed by atoms with Crippen LogP contribution in [-0.4, -0.2) is 17.4 Å². The van der Waals surface area contributed by atoms with Gasteiger partial charge in [-0.15, -0.1) is 0 Å². The summed E-state index contributed by atoms with van der Waals surface area (Å²) in [5.41, 5.74) is 0.197. The Balaban J connectivity index is 2.85. The van der Waals surface area contributed by atoms with Crippen LogP contribution in [0.15, 0.2) is 24.3 Å². The lowest BCUT2D eigenvalue weighted by atomic mass is 9.94. The predicted octanol–water partition coefficient (Wildman–Crippen LogP) is 2.93. The summed E-state index contributed by atoms with van der Waals surface area (Å²) >= 11 is 1.49.